The van der Waals surface area contributed by atoms with E-state index >= 15 is 0 Å². The Morgan fingerprint density at radius 3 is 3.08 bits per heavy atom. The summed E-state index contributed by atoms with van der Waals surface area (Å²) in [5, 5.41) is 0.995. The molecule has 2 aromatic heterocycles. The normalized spacial score (nSPS) is 10.5. The molecule has 2 aromatic rings. The summed E-state index contributed by atoms with van der Waals surface area (Å²) < 4.78 is 6.26. The monoisotopic (exact) mass is 196 g/mol. The van der Waals surface area contributed by atoms with Gasteiger partial charge in [-0.1, -0.05) is 0 Å². The van der Waals surface area contributed by atoms with Crippen LogP contribution in [0.15, 0.2) is 27.8 Å². The Hall–Kier alpha value is -1.36. The minimum absolute atomic E-state index is 0.119. The third-order valence-electron chi connectivity index (χ3n) is 1.61. The Kier molecular flexibility index (Phi) is 2.02. The molecule has 0 saturated heterocycles. The van der Waals surface area contributed by atoms with Gasteiger partial charge in [0.1, 0.15) is 6.26 Å². The van der Waals surface area contributed by atoms with Gasteiger partial charge >= 0.3 is 0 Å². The Morgan fingerprint density at radius 2 is 2.54 bits per heavy atom. The zero-order valence-electron chi connectivity index (χ0n) is 7.06. The van der Waals surface area contributed by atoms with Gasteiger partial charge < -0.3 is 4.52 Å². The highest BCUT2D eigenvalue weighted by molar-refractivity contribution is 7.11. The summed E-state index contributed by atoms with van der Waals surface area (Å²) in [6, 6.07) is 1.40. The van der Waals surface area contributed by atoms with E-state index in [-0.39, 0.29) is 5.56 Å². The summed E-state index contributed by atoms with van der Waals surface area (Å²) in [4.78, 5) is 16.2. The van der Waals surface area contributed by atoms with Gasteiger partial charge in [-0.05, 0) is 6.92 Å². The topological polar surface area (TPSA) is 48.0 Å². The summed E-state index contributed by atoms with van der Waals surface area (Å²) in [6.07, 6.45) is 3.14. The van der Waals surface area contributed by atoms with Crippen molar-refractivity contribution in [2.45, 2.75) is 13.5 Å². The summed E-state index contributed by atoms with van der Waals surface area (Å²) >= 11 is 1.56. The van der Waals surface area contributed by atoms with Crippen LogP contribution in [0, 0.1) is 6.92 Å². The average Bonchev–Trinajstić information content (AvgIpc) is 2.64. The predicted molar refractivity (Wildman–Crippen MR) is 48.9 cm³/mol. The first-order chi connectivity index (χ1) is 6.25. The molecule has 0 aliphatic carbocycles. The van der Waals surface area contributed by atoms with E-state index in [0.717, 1.165) is 9.88 Å². The number of hydrogen-bond acceptors (Lipinski definition) is 4. The molecule has 0 fully saturated rings. The van der Waals surface area contributed by atoms with Gasteiger partial charge in [0.05, 0.1) is 11.6 Å². The van der Waals surface area contributed by atoms with Crippen molar-refractivity contribution in [1.82, 2.24) is 9.72 Å². The third-order valence-corrected chi connectivity index (χ3v) is 2.51. The maximum Gasteiger partial charge on any atom is 0.282 e. The lowest BCUT2D eigenvalue weighted by Gasteiger charge is -1.93. The van der Waals surface area contributed by atoms with Crippen LogP contribution in [0.2, 0.25) is 0 Å². The number of hydrogen-bond donors (Lipinski definition) is 0. The average molecular weight is 196 g/mol. The van der Waals surface area contributed by atoms with E-state index < -0.39 is 0 Å². The van der Waals surface area contributed by atoms with Crippen molar-refractivity contribution in [3.8, 4) is 0 Å². The minimum Gasteiger partial charge on any atom is -0.384 e. The second-order valence-corrected chi connectivity index (χ2v) is 3.95. The molecule has 4 nitrogen and oxygen atoms in total. The van der Waals surface area contributed by atoms with Crippen LogP contribution in [0.1, 0.15) is 9.88 Å². The van der Waals surface area contributed by atoms with E-state index in [4.69, 9.17) is 4.52 Å². The van der Waals surface area contributed by atoms with Crippen LogP contribution >= 0.6 is 11.3 Å². The molecule has 0 atom stereocenters. The molecule has 0 unspecified atom stereocenters. The molecule has 0 N–H and O–H groups in total. The third kappa shape index (κ3) is 1.70. The minimum atomic E-state index is -0.119. The Balaban J connectivity index is 2.24. The van der Waals surface area contributed by atoms with Crippen molar-refractivity contribution in [2.75, 3.05) is 0 Å². The maximum atomic E-state index is 11.1. The van der Waals surface area contributed by atoms with Crippen molar-refractivity contribution in [1.29, 1.82) is 0 Å². The first-order valence-electron chi connectivity index (χ1n) is 3.82. The highest BCUT2D eigenvalue weighted by atomic mass is 32.1. The van der Waals surface area contributed by atoms with Crippen LogP contribution in [0.3, 0.4) is 0 Å². The molecule has 0 aliphatic heterocycles. The van der Waals surface area contributed by atoms with Gasteiger partial charge in [0.25, 0.3) is 5.56 Å². The van der Waals surface area contributed by atoms with Crippen molar-refractivity contribution in [2.24, 2.45) is 0 Å². The molecule has 0 aromatic carbocycles. The summed E-state index contributed by atoms with van der Waals surface area (Å²) in [5.41, 5.74) is -0.119. The van der Waals surface area contributed by atoms with Crippen LogP contribution in [0.4, 0.5) is 0 Å². The molecular formula is C8H8N2O2S. The lowest BCUT2D eigenvalue weighted by molar-refractivity contribution is 0.278. The quantitative estimate of drug-likeness (QED) is 0.726. The number of aryl methyl sites for hydroxylation is 1. The largest absolute Gasteiger partial charge is 0.384 e. The van der Waals surface area contributed by atoms with Crippen molar-refractivity contribution in [3.05, 3.63) is 38.8 Å². The van der Waals surface area contributed by atoms with Crippen molar-refractivity contribution >= 4 is 11.3 Å². The van der Waals surface area contributed by atoms with Gasteiger partial charge in [0, 0.05) is 17.1 Å². The molecule has 0 saturated carbocycles. The van der Waals surface area contributed by atoms with E-state index in [9.17, 15) is 4.79 Å². The molecule has 0 spiro atoms. The van der Waals surface area contributed by atoms with E-state index in [2.05, 4.69) is 4.98 Å². The van der Waals surface area contributed by atoms with Crippen molar-refractivity contribution < 1.29 is 4.52 Å². The van der Waals surface area contributed by atoms with E-state index in [0.29, 0.717) is 6.54 Å². The highest BCUT2D eigenvalue weighted by Crippen LogP contribution is 2.11. The summed E-state index contributed by atoms with van der Waals surface area (Å²) in [7, 11) is 0. The first kappa shape index (κ1) is 8.25. The Morgan fingerprint density at radius 1 is 1.69 bits per heavy atom. The summed E-state index contributed by atoms with van der Waals surface area (Å²) in [5.74, 6) is 0. The van der Waals surface area contributed by atoms with Crippen LogP contribution in [0.25, 0.3) is 0 Å². The number of thiazole rings is 1. The maximum absolute atomic E-state index is 11.1. The van der Waals surface area contributed by atoms with Crippen molar-refractivity contribution in [3.63, 3.8) is 0 Å². The lowest BCUT2D eigenvalue weighted by Crippen LogP contribution is -2.13. The number of nitrogens with zero attached hydrogens (tertiary/aromatic N) is 2. The Labute approximate surface area is 78.4 Å². The van der Waals surface area contributed by atoms with Gasteiger partial charge in [0.15, 0.2) is 0 Å². The molecule has 13 heavy (non-hydrogen) atoms. The van der Waals surface area contributed by atoms with E-state index in [1.807, 2.05) is 6.92 Å². The smallest absolute Gasteiger partial charge is 0.282 e. The second kappa shape index (κ2) is 3.18. The fraction of sp³-hybridized carbons (Fsp3) is 0.250. The van der Waals surface area contributed by atoms with E-state index in [1.165, 1.54) is 17.1 Å². The standard InChI is InChI=1S/C8H8N2O2S/c1-6-9-4-7(13-6)5-10-8(11)2-3-12-10/h2-4H,5H2,1H3. The van der Waals surface area contributed by atoms with E-state index in [1.54, 1.807) is 17.5 Å². The van der Waals surface area contributed by atoms with Crippen LogP contribution in [-0.4, -0.2) is 9.72 Å². The SMILES string of the molecule is Cc1ncc(Cn2occc2=O)s1. The molecule has 2 rings (SSSR count). The lowest BCUT2D eigenvalue weighted by atomic mass is 10.5. The Bertz CT molecular complexity index is 454. The summed E-state index contributed by atoms with van der Waals surface area (Å²) in [6.45, 7) is 2.40. The fourth-order valence-corrected chi connectivity index (χ4v) is 1.80. The molecule has 0 amide bonds. The zero-order valence-corrected chi connectivity index (χ0v) is 7.87. The van der Waals surface area contributed by atoms with Gasteiger partial charge in [-0.2, -0.15) is 4.74 Å². The molecule has 0 aliphatic rings. The second-order valence-electron chi connectivity index (χ2n) is 2.63. The first-order valence-corrected chi connectivity index (χ1v) is 4.63. The zero-order chi connectivity index (χ0) is 9.26. The molecule has 68 valence electrons. The van der Waals surface area contributed by atoms with Crippen LogP contribution in [0.5, 0.6) is 0 Å². The van der Waals surface area contributed by atoms with Gasteiger partial charge in [-0.3, -0.25) is 4.79 Å². The molecule has 0 radical (unpaired) electrons. The fourth-order valence-electron chi connectivity index (χ4n) is 1.03. The predicted octanol–water partition coefficient (Wildman–Crippen LogP) is 1.25. The van der Waals surface area contributed by atoms with Gasteiger partial charge in [0.2, 0.25) is 0 Å². The molecule has 2 heterocycles. The molecular weight excluding hydrogens is 188 g/mol. The van der Waals surface area contributed by atoms with Crippen LogP contribution < -0.4 is 5.56 Å². The highest BCUT2D eigenvalue weighted by Gasteiger charge is 2.02. The molecule has 5 heteroatoms. The van der Waals surface area contributed by atoms with Gasteiger partial charge in [-0.15, -0.1) is 11.3 Å². The van der Waals surface area contributed by atoms with Crippen LogP contribution in [-0.2, 0) is 6.54 Å². The molecule has 0 bridgehead atoms. The number of aromatic nitrogens is 2. The van der Waals surface area contributed by atoms with Gasteiger partial charge in [-0.25, -0.2) is 4.98 Å². The number of rotatable bonds is 2.